The lowest BCUT2D eigenvalue weighted by Gasteiger charge is -2.22. The van der Waals surface area contributed by atoms with E-state index < -0.39 is 5.60 Å². The number of ether oxygens (including phenoxy) is 1. The van der Waals surface area contributed by atoms with Gasteiger partial charge in [-0.25, -0.2) is 0 Å². The molecular formula is C9H19N5O2. The minimum atomic E-state index is -0.780. The van der Waals surface area contributed by atoms with Crippen molar-refractivity contribution in [3.05, 3.63) is 5.82 Å². The summed E-state index contributed by atoms with van der Waals surface area (Å²) in [5, 5.41) is 24.6. The molecule has 0 aliphatic rings. The number of hydrogen-bond acceptors (Lipinski definition) is 6. The average molecular weight is 229 g/mol. The molecule has 7 heteroatoms. The summed E-state index contributed by atoms with van der Waals surface area (Å²) < 4.78 is 4.92. The molecule has 92 valence electrons. The Labute approximate surface area is 94.8 Å². The molecule has 16 heavy (non-hydrogen) atoms. The molecule has 1 rings (SSSR count). The Bertz CT molecular complexity index is 313. The Kier molecular flexibility index (Phi) is 4.78. The van der Waals surface area contributed by atoms with Crippen LogP contribution in [-0.2, 0) is 18.3 Å². The van der Waals surface area contributed by atoms with E-state index in [4.69, 9.17) is 4.74 Å². The Morgan fingerprint density at radius 2 is 2.31 bits per heavy atom. The van der Waals surface area contributed by atoms with E-state index in [9.17, 15) is 5.11 Å². The first kappa shape index (κ1) is 13.0. The van der Waals surface area contributed by atoms with Crippen molar-refractivity contribution in [1.29, 1.82) is 0 Å². The molecule has 0 aliphatic carbocycles. The summed E-state index contributed by atoms with van der Waals surface area (Å²) in [5.41, 5.74) is -0.780. The highest BCUT2D eigenvalue weighted by Crippen LogP contribution is 2.07. The first-order chi connectivity index (χ1) is 7.53. The third-order valence-corrected chi connectivity index (χ3v) is 2.18. The molecule has 0 radical (unpaired) electrons. The minimum absolute atomic E-state index is 0.467. The van der Waals surface area contributed by atoms with Crippen LogP contribution in [0, 0.1) is 0 Å². The van der Waals surface area contributed by atoms with E-state index in [1.165, 1.54) is 4.80 Å². The van der Waals surface area contributed by atoms with Crippen LogP contribution in [0.4, 0.5) is 0 Å². The molecule has 0 amide bonds. The maximum Gasteiger partial charge on any atom is 0.188 e. The first-order valence-corrected chi connectivity index (χ1v) is 5.18. The molecule has 0 saturated heterocycles. The number of nitrogens with one attached hydrogen (secondary N) is 1. The lowest BCUT2D eigenvalue weighted by atomic mass is 10.0. The summed E-state index contributed by atoms with van der Waals surface area (Å²) in [6, 6.07) is 0. The number of aliphatic hydroxyl groups is 1. The van der Waals surface area contributed by atoms with E-state index in [0.29, 0.717) is 31.9 Å². The van der Waals surface area contributed by atoms with Gasteiger partial charge in [0.25, 0.3) is 0 Å². The number of methoxy groups -OCH3 is 1. The van der Waals surface area contributed by atoms with Gasteiger partial charge >= 0.3 is 0 Å². The molecule has 1 atom stereocenters. The number of aryl methyl sites for hydroxylation is 1. The van der Waals surface area contributed by atoms with Crippen molar-refractivity contribution in [2.24, 2.45) is 7.05 Å². The molecule has 1 aromatic rings. The predicted octanol–water partition coefficient (Wildman–Crippen LogP) is -0.913. The van der Waals surface area contributed by atoms with Crippen LogP contribution in [0.3, 0.4) is 0 Å². The summed E-state index contributed by atoms with van der Waals surface area (Å²) in [7, 11) is 3.33. The van der Waals surface area contributed by atoms with Gasteiger partial charge in [0.2, 0.25) is 0 Å². The zero-order valence-corrected chi connectivity index (χ0v) is 9.97. The highest BCUT2D eigenvalue weighted by atomic mass is 16.5. The maximum atomic E-state index is 9.92. The van der Waals surface area contributed by atoms with Gasteiger partial charge in [0.15, 0.2) is 5.82 Å². The van der Waals surface area contributed by atoms with Crippen LogP contribution < -0.4 is 5.32 Å². The number of aromatic nitrogens is 4. The number of hydrogen-bond donors (Lipinski definition) is 2. The number of tetrazole rings is 1. The lowest BCUT2D eigenvalue weighted by molar-refractivity contribution is 0.0246. The highest BCUT2D eigenvalue weighted by molar-refractivity contribution is 4.79. The van der Waals surface area contributed by atoms with Gasteiger partial charge in [-0.05, 0) is 12.1 Å². The number of rotatable bonds is 7. The predicted molar refractivity (Wildman–Crippen MR) is 57.6 cm³/mol. The molecule has 0 fully saturated rings. The smallest absolute Gasteiger partial charge is 0.188 e. The third kappa shape index (κ3) is 4.65. The molecule has 0 saturated carbocycles. The van der Waals surface area contributed by atoms with Gasteiger partial charge in [0.05, 0.1) is 19.2 Å². The fourth-order valence-electron chi connectivity index (χ4n) is 1.25. The van der Waals surface area contributed by atoms with Gasteiger partial charge in [-0.15, -0.1) is 10.2 Å². The highest BCUT2D eigenvalue weighted by Gasteiger charge is 2.19. The minimum Gasteiger partial charge on any atom is -0.389 e. The Morgan fingerprint density at radius 1 is 1.56 bits per heavy atom. The van der Waals surface area contributed by atoms with E-state index in [2.05, 4.69) is 20.7 Å². The molecule has 1 heterocycles. The summed E-state index contributed by atoms with van der Waals surface area (Å²) in [5.74, 6) is 0.616. The summed E-state index contributed by atoms with van der Waals surface area (Å²) >= 11 is 0. The zero-order valence-electron chi connectivity index (χ0n) is 9.97. The zero-order chi connectivity index (χ0) is 12.0. The quantitative estimate of drug-likeness (QED) is 0.629. The van der Waals surface area contributed by atoms with Crippen LogP contribution in [0.5, 0.6) is 0 Å². The van der Waals surface area contributed by atoms with Crippen LogP contribution in [0.2, 0.25) is 0 Å². The fourth-order valence-corrected chi connectivity index (χ4v) is 1.25. The molecule has 1 aromatic heterocycles. The van der Waals surface area contributed by atoms with E-state index in [0.717, 1.165) is 0 Å². The first-order valence-electron chi connectivity index (χ1n) is 5.18. The van der Waals surface area contributed by atoms with Gasteiger partial charge in [-0.2, -0.15) is 4.80 Å². The Morgan fingerprint density at radius 3 is 2.88 bits per heavy atom. The third-order valence-electron chi connectivity index (χ3n) is 2.18. The van der Waals surface area contributed by atoms with Crippen LogP contribution in [0.1, 0.15) is 19.2 Å². The molecule has 1 unspecified atom stereocenters. The van der Waals surface area contributed by atoms with E-state index >= 15 is 0 Å². The maximum absolute atomic E-state index is 9.92. The van der Waals surface area contributed by atoms with Crippen molar-refractivity contribution in [2.75, 3.05) is 20.3 Å². The molecule has 7 nitrogen and oxygen atoms in total. The Hall–Kier alpha value is -1.05. The van der Waals surface area contributed by atoms with Crippen molar-refractivity contribution in [2.45, 2.75) is 25.5 Å². The van der Waals surface area contributed by atoms with Crippen molar-refractivity contribution >= 4 is 0 Å². The van der Waals surface area contributed by atoms with Crippen LogP contribution >= 0.6 is 0 Å². The Balaban J connectivity index is 2.24. The van der Waals surface area contributed by atoms with E-state index in [-0.39, 0.29) is 0 Å². The molecule has 0 aromatic carbocycles. The van der Waals surface area contributed by atoms with Crippen LogP contribution in [-0.4, -0.2) is 51.2 Å². The fraction of sp³-hybridized carbons (Fsp3) is 0.889. The summed E-state index contributed by atoms with van der Waals surface area (Å²) in [6.07, 6.45) is 0.588. The standard InChI is InChI=1S/C9H19N5O2/c1-9(15,4-5-16-3)7-10-6-8-11-13-14(2)12-8/h10,15H,4-7H2,1-3H3. The van der Waals surface area contributed by atoms with Crippen molar-refractivity contribution in [3.8, 4) is 0 Å². The largest absolute Gasteiger partial charge is 0.389 e. The SMILES string of the molecule is COCCC(C)(O)CNCc1nnn(C)n1. The normalized spacial score (nSPS) is 15.0. The van der Waals surface area contributed by atoms with Crippen molar-refractivity contribution in [3.63, 3.8) is 0 Å². The molecule has 0 aliphatic heterocycles. The second-order valence-corrected chi connectivity index (χ2v) is 4.04. The van der Waals surface area contributed by atoms with Crippen molar-refractivity contribution in [1.82, 2.24) is 25.5 Å². The van der Waals surface area contributed by atoms with Crippen LogP contribution in [0.15, 0.2) is 0 Å². The second-order valence-electron chi connectivity index (χ2n) is 4.04. The van der Waals surface area contributed by atoms with E-state index in [1.54, 1.807) is 21.1 Å². The van der Waals surface area contributed by atoms with Gasteiger partial charge < -0.3 is 15.2 Å². The van der Waals surface area contributed by atoms with Gasteiger partial charge in [0.1, 0.15) is 0 Å². The van der Waals surface area contributed by atoms with Gasteiger partial charge in [0, 0.05) is 26.7 Å². The average Bonchev–Trinajstić information content (AvgIpc) is 2.61. The van der Waals surface area contributed by atoms with E-state index in [1.807, 2.05) is 0 Å². The second kappa shape index (κ2) is 5.88. The monoisotopic (exact) mass is 229 g/mol. The molecule has 0 bridgehead atoms. The van der Waals surface area contributed by atoms with Gasteiger partial charge in [-0.1, -0.05) is 0 Å². The number of nitrogens with zero attached hydrogens (tertiary/aromatic N) is 4. The van der Waals surface area contributed by atoms with Crippen molar-refractivity contribution < 1.29 is 9.84 Å². The molecular weight excluding hydrogens is 210 g/mol. The molecule has 0 spiro atoms. The lowest BCUT2D eigenvalue weighted by Crippen LogP contribution is -2.38. The van der Waals surface area contributed by atoms with Gasteiger partial charge in [-0.3, -0.25) is 0 Å². The molecule has 2 N–H and O–H groups in total. The topological polar surface area (TPSA) is 85.1 Å². The summed E-state index contributed by atoms with van der Waals surface area (Å²) in [4.78, 5) is 1.40. The van der Waals surface area contributed by atoms with Crippen LogP contribution in [0.25, 0.3) is 0 Å². The summed E-state index contributed by atoms with van der Waals surface area (Å²) in [6.45, 7) is 3.27.